The zero-order valence-electron chi connectivity index (χ0n) is 23.2. The molecular weight excluding hydrogens is 552 g/mol. The van der Waals surface area contributed by atoms with Crippen molar-refractivity contribution in [3.05, 3.63) is 64.2 Å². The maximum Gasteiger partial charge on any atom is 0.416 e. The first-order chi connectivity index (χ1) is 19.1. The van der Waals surface area contributed by atoms with E-state index in [0.717, 1.165) is 6.54 Å². The van der Waals surface area contributed by atoms with Crippen LogP contribution >= 0.6 is 0 Å². The summed E-state index contributed by atoms with van der Waals surface area (Å²) in [4.78, 5) is 19.4. The molecule has 3 atom stereocenters. The summed E-state index contributed by atoms with van der Waals surface area (Å²) in [6.45, 7) is 9.51. The molecule has 4 rings (SSSR count). The Morgan fingerprint density at radius 1 is 0.927 bits per heavy atom. The van der Waals surface area contributed by atoms with Gasteiger partial charge in [0.25, 0.3) is 5.91 Å². The summed E-state index contributed by atoms with van der Waals surface area (Å²) in [6.07, 6.45) is -9.84. The van der Waals surface area contributed by atoms with Gasteiger partial charge in [0.15, 0.2) is 0 Å². The standard InChI is InChI=1S/C29H35F6N3O3/c1-18-4-5-21(11-26(18)39)10-25-15-36(6-8-37-19(2)16-41-17-20(37)3)7-9-38(25)27(40)22-12-23(28(30,31)32)14-24(13-22)29(33,34)35/h4-5,11-14,19-20,25,39H,6-10,15-17H2,1-3H3/t19?,20?,25-/m1/s1. The Morgan fingerprint density at radius 2 is 1.54 bits per heavy atom. The Morgan fingerprint density at radius 3 is 2.10 bits per heavy atom. The number of alkyl halides is 6. The molecule has 0 aromatic heterocycles. The van der Waals surface area contributed by atoms with Crippen LogP contribution in [0.4, 0.5) is 26.3 Å². The van der Waals surface area contributed by atoms with Gasteiger partial charge in [-0.15, -0.1) is 0 Å². The van der Waals surface area contributed by atoms with Crippen LogP contribution in [0.1, 0.15) is 46.5 Å². The minimum Gasteiger partial charge on any atom is -0.508 e. The Balaban J connectivity index is 1.60. The number of carbonyl (C=O) groups is 1. The van der Waals surface area contributed by atoms with Crippen molar-refractivity contribution >= 4 is 5.91 Å². The summed E-state index contributed by atoms with van der Waals surface area (Å²) in [6, 6.07) is 6.01. The van der Waals surface area contributed by atoms with Crippen LogP contribution in [0.25, 0.3) is 0 Å². The van der Waals surface area contributed by atoms with E-state index in [9.17, 15) is 36.2 Å². The largest absolute Gasteiger partial charge is 0.508 e. The van der Waals surface area contributed by atoms with Crippen molar-refractivity contribution in [2.75, 3.05) is 45.9 Å². The van der Waals surface area contributed by atoms with Gasteiger partial charge in [-0.05, 0) is 62.6 Å². The molecule has 0 saturated carbocycles. The molecule has 0 bridgehead atoms. The number of piperazine rings is 1. The maximum absolute atomic E-state index is 13.6. The summed E-state index contributed by atoms with van der Waals surface area (Å²) in [5.41, 5.74) is -2.35. The molecule has 41 heavy (non-hydrogen) atoms. The zero-order valence-corrected chi connectivity index (χ0v) is 23.2. The van der Waals surface area contributed by atoms with Crippen LogP contribution in [0.2, 0.25) is 0 Å². The third-order valence-electron chi connectivity index (χ3n) is 7.93. The second-order valence-corrected chi connectivity index (χ2v) is 11.0. The van der Waals surface area contributed by atoms with Crippen LogP contribution in [0.3, 0.4) is 0 Å². The van der Waals surface area contributed by atoms with E-state index >= 15 is 0 Å². The molecule has 0 spiro atoms. The topological polar surface area (TPSA) is 56.2 Å². The van der Waals surface area contributed by atoms with Gasteiger partial charge >= 0.3 is 12.4 Å². The van der Waals surface area contributed by atoms with Gasteiger partial charge in [-0.25, -0.2) is 0 Å². The predicted molar refractivity (Wildman–Crippen MR) is 141 cm³/mol. The molecule has 2 fully saturated rings. The summed E-state index contributed by atoms with van der Waals surface area (Å²) < 4.78 is 86.5. The number of aryl methyl sites for hydroxylation is 1. The maximum atomic E-state index is 13.6. The number of halogens is 6. The van der Waals surface area contributed by atoms with Crippen LogP contribution in [-0.4, -0.2) is 89.8 Å². The number of hydrogen-bond acceptors (Lipinski definition) is 5. The van der Waals surface area contributed by atoms with Crippen LogP contribution in [0.15, 0.2) is 36.4 Å². The van der Waals surface area contributed by atoms with Crippen molar-refractivity contribution < 1.29 is 41.0 Å². The Hall–Kier alpha value is -2.83. The van der Waals surface area contributed by atoms with Crippen molar-refractivity contribution in [2.45, 2.75) is 57.7 Å². The lowest BCUT2D eigenvalue weighted by Gasteiger charge is -2.44. The number of aromatic hydroxyl groups is 1. The van der Waals surface area contributed by atoms with Gasteiger partial charge in [-0.1, -0.05) is 12.1 Å². The lowest BCUT2D eigenvalue weighted by molar-refractivity contribution is -0.143. The lowest BCUT2D eigenvalue weighted by Crippen LogP contribution is -2.58. The van der Waals surface area contributed by atoms with E-state index in [-0.39, 0.29) is 36.9 Å². The van der Waals surface area contributed by atoms with Gasteiger partial charge in [-0.2, -0.15) is 26.3 Å². The van der Waals surface area contributed by atoms with Gasteiger partial charge in [0.05, 0.1) is 24.3 Å². The Kier molecular flexibility index (Phi) is 9.25. The van der Waals surface area contributed by atoms with E-state index in [1.807, 2.05) is 0 Å². The number of nitrogens with zero attached hydrogens (tertiary/aromatic N) is 3. The van der Waals surface area contributed by atoms with Crippen molar-refractivity contribution in [1.82, 2.24) is 14.7 Å². The number of carbonyl (C=O) groups excluding carboxylic acids is 1. The summed E-state index contributed by atoms with van der Waals surface area (Å²) in [5.74, 6) is -0.825. The molecule has 1 N–H and O–H groups in total. The minimum atomic E-state index is -5.05. The van der Waals surface area contributed by atoms with Crippen LogP contribution < -0.4 is 0 Å². The molecule has 12 heteroatoms. The number of rotatable bonds is 6. The number of ether oxygens (including phenoxy) is 1. The first kappa shape index (κ1) is 31.1. The number of phenols is 1. The average molecular weight is 588 g/mol. The average Bonchev–Trinajstić information content (AvgIpc) is 2.89. The highest BCUT2D eigenvalue weighted by Crippen LogP contribution is 2.37. The molecule has 2 unspecified atom stereocenters. The molecule has 6 nitrogen and oxygen atoms in total. The monoisotopic (exact) mass is 587 g/mol. The highest BCUT2D eigenvalue weighted by Gasteiger charge is 2.39. The SMILES string of the molecule is Cc1ccc(C[C@@H]2CN(CCN3C(C)COCC3C)CCN2C(=O)c2cc(C(F)(F)F)cc(C(F)(F)F)c2)cc1O. The Labute approximate surface area is 235 Å². The van der Waals surface area contributed by atoms with Crippen LogP contribution in [-0.2, 0) is 23.5 Å². The van der Waals surface area contributed by atoms with E-state index in [0.29, 0.717) is 56.1 Å². The summed E-state index contributed by atoms with van der Waals surface area (Å²) in [7, 11) is 0. The third-order valence-corrected chi connectivity index (χ3v) is 7.93. The van der Waals surface area contributed by atoms with Gasteiger partial charge in [0.2, 0.25) is 0 Å². The molecule has 2 aromatic carbocycles. The number of hydrogen-bond donors (Lipinski definition) is 1. The third kappa shape index (κ3) is 7.52. The molecule has 0 radical (unpaired) electrons. The lowest BCUT2D eigenvalue weighted by atomic mass is 9.98. The summed E-state index contributed by atoms with van der Waals surface area (Å²) >= 11 is 0. The molecule has 2 aliphatic rings. The Bertz CT molecular complexity index is 1190. The molecule has 2 saturated heterocycles. The fraction of sp³-hybridized carbons (Fsp3) is 0.552. The highest BCUT2D eigenvalue weighted by molar-refractivity contribution is 5.95. The van der Waals surface area contributed by atoms with E-state index in [1.54, 1.807) is 25.1 Å². The highest BCUT2D eigenvalue weighted by atomic mass is 19.4. The normalized spacial score (nSPS) is 23.1. The van der Waals surface area contributed by atoms with Crippen molar-refractivity contribution in [2.24, 2.45) is 0 Å². The van der Waals surface area contributed by atoms with Crippen LogP contribution in [0, 0.1) is 6.92 Å². The molecule has 226 valence electrons. The fourth-order valence-corrected chi connectivity index (χ4v) is 5.60. The van der Waals surface area contributed by atoms with E-state index in [1.165, 1.54) is 4.90 Å². The molecule has 0 aliphatic carbocycles. The van der Waals surface area contributed by atoms with Gasteiger partial charge in [0, 0.05) is 56.4 Å². The number of morpholine rings is 1. The quantitative estimate of drug-likeness (QED) is 0.470. The smallest absolute Gasteiger partial charge is 0.416 e. The van der Waals surface area contributed by atoms with Gasteiger partial charge in [-0.3, -0.25) is 14.6 Å². The second-order valence-electron chi connectivity index (χ2n) is 11.0. The van der Waals surface area contributed by atoms with Gasteiger partial charge < -0.3 is 14.7 Å². The molecule has 2 aromatic rings. The minimum absolute atomic E-state index is 0.0227. The molecule has 2 aliphatic heterocycles. The first-order valence-electron chi connectivity index (χ1n) is 13.6. The van der Waals surface area contributed by atoms with Gasteiger partial charge in [0.1, 0.15) is 5.75 Å². The molecular formula is C29H35F6N3O3. The number of amides is 1. The molecule has 1 amide bonds. The second kappa shape index (κ2) is 12.2. The predicted octanol–water partition coefficient (Wildman–Crippen LogP) is 5.22. The molecule has 2 heterocycles. The fourth-order valence-electron chi connectivity index (χ4n) is 5.60. The van der Waals surface area contributed by atoms with E-state index in [4.69, 9.17) is 4.74 Å². The number of benzene rings is 2. The van der Waals surface area contributed by atoms with Crippen molar-refractivity contribution in [1.29, 1.82) is 0 Å². The van der Waals surface area contributed by atoms with Crippen molar-refractivity contribution in [3.8, 4) is 5.75 Å². The van der Waals surface area contributed by atoms with Crippen LogP contribution in [0.5, 0.6) is 5.75 Å². The zero-order chi connectivity index (χ0) is 30.1. The number of phenolic OH excluding ortho intramolecular Hbond substituents is 1. The van der Waals surface area contributed by atoms with Crippen molar-refractivity contribution in [3.63, 3.8) is 0 Å². The van der Waals surface area contributed by atoms with E-state index < -0.39 is 41.0 Å². The van der Waals surface area contributed by atoms with E-state index in [2.05, 4.69) is 23.6 Å². The first-order valence-corrected chi connectivity index (χ1v) is 13.6. The summed E-state index contributed by atoms with van der Waals surface area (Å²) in [5, 5.41) is 10.2.